The topological polar surface area (TPSA) is 15.3 Å². The lowest BCUT2D eigenvalue weighted by Gasteiger charge is -2.29. The summed E-state index contributed by atoms with van der Waals surface area (Å²) in [6.07, 6.45) is 2.54. The van der Waals surface area contributed by atoms with Crippen molar-refractivity contribution in [3.05, 3.63) is 0 Å². The first kappa shape index (κ1) is 13.9. The molecule has 0 aliphatic rings. The van der Waals surface area contributed by atoms with Gasteiger partial charge in [0.25, 0.3) is 0 Å². The molecule has 0 spiro atoms. The average molecular weight is 200 g/mol. The second-order valence-electron chi connectivity index (χ2n) is 4.71. The molecule has 0 aliphatic heterocycles. The fraction of sp³-hybridized carbons (Fsp3) is 1.00. The van der Waals surface area contributed by atoms with Crippen LogP contribution in [-0.2, 0) is 0 Å². The molecule has 0 radical (unpaired) electrons. The van der Waals surface area contributed by atoms with Gasteiger partial charge in [-0.2, -0.15) is 0 Å². The maximum Gasteiger partial charge on any atom is 0.0192 e. The molecule has 0 bridgehead atoms. The monoisotopic (exact) mass is 200 g/mol. The van der Waals surface area contributed by atoms with Crippen LogP contribution in [0.3, 0.4) is 0 Å². The minimum atomic E-state index is 0.620. The summed E-state index contributed by atoms with van der Waals surface area (Å²) in [7, 11) is 2.20. The van der Waals surface area contributed by atoms with Crippen LogP contribution in [-0.4, -0.2) is 36.6 Å². The summed E-state index contributed by atoms with van der Waals surface area (Å²) in [6.45, 7) is 12.4. The summed E-state index contributed by atoms with van der Waals surface area (Å²) in [6, 6.07) is 1.91. The van der Waals surface area contributed by atoms with E-state index in [-0.39, 0.29) is 0 Å². The second kappa shape index (κ2) is 7.24. The van der Waals surface area contributed by atoms with Gasteiger partial charge in [0.2, 0.25) is 0 Å². The van der Waals surface area contributed by atoms with Crippen LogP contribution in [0.4, 0.5) is 0 Å². The molecule has 2 atom stereocenters. The Morgan fingerprint density at radius 1 is 1.14 bits per heavy atom. The first-order chi connectivity index (χ1) is 6.49. The van der Waals surface area contributed by atoms with Crippen molar-refractivity contribution in [2.24, 2.45) is 0 Å². The third-order valence-corrected chi connectivity index (χ3v) is 2.99. The van der Waals surface area contributed by atoms with Crippen molar-refractivity contribution in [1.29, 1.82) is 0 Å². The van der Waals surface area contributed by atoms with E-state index >= 15 is 0 Å². The molecule has 0 aliphatic carbocycles. The Morgan fingerprint density at radius 3 is 2.14 bits per heavy atom. The number of rotatable bonds is 7. The SMILES string of the molecule is CCCC(C)NCC(C)N(C)C(C)C. The first-order valence-electron chi connectivity index (χ1n) is 5.94. The van der Waals surface area contributed by atoms with Crippen LogP contribution in [0.15, 0.2) is 0 Å². The molecule has 0 fully saturated rings. The zero-order valence-electron chi connectivity index (χ0n) is 10.8. The summed E-state index contributed by atoms with van der Waals surface area (Å²) in [4.78, 5) is 2.41. The molecule has 0 heterocycles. The Balaban J connectivity index is 3.67. The summed E-state index contributed by atoms with van der Waals surface area (Å²) in [5.74, 6) is 0. The maximum absolute atomic E-state index is 3.58. The Kier molecular flexibility index (Phi) is 7.20. The van der Waals surface area contributed by atoms with E-state index < -0.39 is 0 Å². The zero-order valence-corrected chi connectivity index (χ0v) is 10.8. The van der Waals surface area contributed by atoms with Crippen molar-refractivity contribution >= 4 is 0 Å². The normalized spacial score (nSPS) is 16.3. The average Bonchev–Trinajstić information content (AvgIpc) is 2.13. The molecule has 0 amide bonds. The molecule has 0 saturated carbocycles. The standard InChI is InChI=1S/C12H28N2/c1-7-8-11(4)13-9-12(5)14(6)10(2)3/h10-13H,7-9H2,1-6H3. The van der Waals surface area contributed by atoms with Gasteiger partial charge in [0, 0.05) is 24.7 Å². The van der Waals surface area contributed by atoms with E-state index in [1.807, 2.05) is 0 Å². The van der Waals surface area contributed by atoms with Gasteiger partial charge >= 0.3 is 0 Å². The van der Waals surface area contributed by atoms with E-state index in [9.17, 15) is 0 Å². The highest BCUT2D eigenvalue weighted by Gasteiger charge is 2.12. The molecule has 86 valence electrons. The quantitative estimate of drug-likeness (QED) is 0.679. The largest absolute Gasteiger partial charge is 0.313 e. The molecule has 14 heavy (non-hydrogen) atoms. The molecular weight excluding hydrogens is 172 g/mol. The molecule has 2 unspecified atom stereocenters. The summed E-state index contributed by atoms with van der Waals surface area (Å²) in [5.41, 5.74) is 0. The Morgan fingerprint density at radius 2 is 1.71 bits per heavy atom. The summed E-state index contributed by atoms with van der Waals surface area (Å²) >= 11 is 0. The number of nitrogens with zero attached hydrogens (tertiary/aromatic N) is 1. The minimum Gasteiger partial charge on any atom is -0.313 e. The van der Waals surface area contributed by atoms with Crippen LogP contribution in [0, 0.1) is 0 Å². The van der Waals surface area contributed by atoms with Gasteiger partial charge in [0.15, 0.2) is 0 Å². The minimum absolute atomic E-state index is 0.620. The fourth-order valence-corrected chi connectivity index (χ4v) is 1.56. The molecule has 0 aromatic carbocycles. The smallest absolute Gasteiger partial charge is 0.0192 e. The van der Waals surface area contributed by atoms with Crippen LogP contribution < -0.4 is 5.32 Å². The third kappa shape index (κ3) is 5.61. The maximum atomic E-state index is 3.58. The molecule has 0 aromatic rings. The van der Waals surface area contributed by atoms with Gasteiger partial charge in [-0.25, -0.2) is 0 Å². The van der Waals surface area contributed by atoms with Gasteiger partial charge in [-0.15, -0.1) is 0 Å². The number of hydrogen-bond acceptors (Lipinski definition) is 2. The fourth-order valence-electron chi connectivity index (χ4n) is 1.56. The van der Waals surface area contributed by atoms with Crippen LogP contribution in [0.1, 0.15) is 47.5 Å². The van der Waals surface area contributed by atoms with Crippen molar-refractivity contribution in [2.45, 2.75) is 65.6 Å². The highest BCUT2D eigenvalue weighted by molar-refractivity contribution is 4.71. The number of hydrogen-bond donors (Lipinski definition) is 1. The lowest BCUT2D eigenvalue weighted by molar-refractivity contribution is 0.200. The van der Waals surface area contributed by atoms with Crippen molar-refractivity contribution in [2.75, 3.05) is 13.6 Å². The highest BCUT2D eigenvalue weighted by Crippen LogP contribution is 2.01. The Hall–Kier alpha value is -0.0800. The van der Waals surface area contributed by atoms with Crippen LogP contribution in [0.25, 0.3) is 0 Å². The lowest BCUT2D eigenvalue weighted by atomic mass is 10.1. The van der Waals surface area contributed by atoms with E-state index in [0.29, 0.717) is 18.1 Å². The predicted octanol–water partition coefficient (Wildman–Crippen LogP) is 2.49. The predicted molar refractivity (Wildman–Crippen MR) is 64.7 cm³/mol. The van der Waals surface area contributed by atoms with Gasteiger partial charge < -0.3 is 10.2 Å². The van der Waals surface area contributed by atoms with Gasteiger partial charge in [0.1, 0.15) is 0 Å². The molecular formula is C12H28N2. The molecule has 1 N–H and O–H groups in total. The van der Waals surface area contributed by atoms with Gasteiger partial charge in [0.05, 0.1) is 0 Å². The zero-order chi connectivity index (χ0) is 11.1. The third-order valence-electron chi connectivity index (χ3n) is 2.99. The van der Waals surface area contributed by atoms with Gasteiger partial charge in [-0.05, 0) is 41.2 Å². The van der Waals surface area contributed by atoms with Crippen molar-refractivity contribution in [3.8, 4) is 0 Å². The number of likely N-dealkylation sites (N-methyl/N-ethyl adjacent to an activating group) is 1. The Labute approximate surface area is 90.1 Å². The van der Waals surface area contributed by atoms with Crippen LogP contribution in [0.2, 0.25) is 0 Å². The lowest BCUT2D eigenvalue weighted by Crippen LogP contribution is -2.43. The Bertz CT molecular complexity index is 134. The van der Waals surface area contributed by atoms with Crippen LogP contribution >= 0.6 is 0 Å². The van der Waals surface area contributed by atoms with E-state index in [0.717, 1.165) is 6.54 Å². The highest BCUT2D eigenvalue weighted by atomic mass is 15.2. The summed E-state index contributed by atoms with van der Waals surface area (Å²) in [5, 5.41) is 3.58. The molecule has 2 nitrogen and oxygen atoms in total. The van der Waals surface area contributed by atoms with Crippen molar-refractivity contribution in [1.82, 2.24) is 10.2 Å². The van der Waals surface area contributed by atoms with Gasteiger partial charge in [-0.1, -0.05) is 13.3 Å². The van der Waals surface area contributed by atoms with E-state index in [4.69, 9.17) is 0 Å². The first-order valence-corrected chi connectivity index (χ1v) is 5.94. The second-order valence-corrected chi connectivity index (χ2v) is 4.71. The van der Waals surface area contributed by atoms with E-state index in [1.165, 1.54) is 12.8 Å². The van der Waals surface area contributed by atoms with Crippen molar-refractivity contribution in [3.63, 3.8) is 0 Å². The molecule has 0 rings (SSSR count). The van der Waals surface area contributed by atoms with E-state index in [2.05, 4.69) is 51.9 Å². The van der Waals surface area contributed by atoms with Crippen molar-refractivity contribution < 1.29 is 0 Å². The van der Waals surface area contributed by atoms with E-state index in [1.54, 1.807) is 0 Å². The summed E-state index contributed by atoms with van der Waals surface area (Å²) < 4.78 is 0. The number of nitrogens with one attached hydrogen (secondary N) is 1. The van der Waals surface area contributed by atoms with Gasteiger partial charge in [-0.3, -0.25) is 0 Å². The molecule has 0 saturated heterocycles. The molecule has 2 heteroatoms. The molecule has 0 aromatic heterocycles. The van der Waals surface area contributed by atoms with Crippen LogP contribution in [0.5, 0.6) is 0 Å².